The number of carbonyl (C=O) groups excluding carboxylic acids is 9. The highest BCUT2D eigenvalue weighted by molar-refractivity contribution is 5.99. The summed E-state index contributed by atoms with van der Waals surface area (Å²) >= 11 is 0. The molecule has 1 aromatic carbocycles. The number of nitrogens with zero attached hydrogens (tertiary/aromatic N) is 1. The quantitative estimate of drug-likeness (QED) is 0.0165. The second-order valence-electron chi connectivity index (χ2n) is 20.8. The second kappa shape index (κ2) is 38.9. The van der Waals surface area contributed by atoms with Crippen molar-refractivity contribution < 1.29 is 83.4 Å². The molecule has 84 heavy (non-hydrogen) atoms. The lowest BCUT2D eigenvalue weighted by molar-refractivity contribution is -0.143. The van der Waals surface area contributed by atoms with Crippen LogP contribution in [0.4, 0.5) is 0 Å². The summed E-state index contributed by atoms with van der Waals surface area (Å²) in [6.07, 6.45) is -1.79. The maximum atomic E-state index is 14.1. The van der Waals surface area contributed by atoms with E-state index >= 15 is 0 Å². The van der Waals surface area contributed by atoms with Gasteiger partial charge in [0.25, 0.3) is 0 Å². The zero-order valence-corrected chi connectivity index (χ0v) is 48.1. The highest BCUT2D eigenvalue weighted by atomic mass is 16.4. The Morgan fingerprint density at radius 2 is 0.917 bits per heavy atom. The van der Waals surface area contributed by atoms with E-state index in [9.17, 15) is 83.4 Å². The number of rotatable bonds is 41. The summed E-state index contributed by atoms with van der Waals surface area (Å²) in [6.45, 7) is 5.95. The average Bonchev–Trinajstić information content (AvgIpc) is 3.58. The fraction of sp³-hybridized carbons (Fsp3) is 0.654. The largest absolute Gasteiger partial charge is 0.508 e. The number of nitrogens with two attached hydrogens (primary N) is 5. The number of guanidine groups is 1. The molecule has 0 aliphatic heterocycles. The highest BCUT2D eigenvalue weighted by Crippen LogP contribution is 2.14. The lowest BCUT2D eigenvalue weighted by atomic mass is 9.99. The predicted molar refractivity (Wildman–Crippen MR) is 303 cm³/mol. The molecule has 0 saturated heterocycles. The number of aliphatic imine (C=N–C) groups is 1. The Hall–Kier alpha value is -7.78. The topological polar surface area (TPSA) is 560 Å². The van der Waals surface area contributed by atoms with Crippen molar-refractivity contribution >= 4 is 71.1 Å². The molecular weight excluding hydrogens is 1110 g/mol. The van der Waals surface area contributed by atoms with E-state index in [2.05, 4.69) is 52.8 Å². The van der Waals surface area contributed by atoms with Crippen LogP contribution >= 0.6 is 0 Å². The first-order valence-corrected chi connectivity index (χ1v) is 27.6. The minimum absolute atomic E-state index is 0.00764. The second-order valence-corrected chi connectivity index (χ2v) is 20.8. The molecule has 0 heterocycles. The molecule has 32 heteroatoms. The standard InChI is InChI=1S/C52H89N15O17/c1-26(2)21-35(62-43(75)32(11-6-8-18-53)60-47(79)37(24-68)64-42(74)31(55)22-29-14-16-30(71)17-15-29)46(78)67-41(28(5)70)50(82)66-40(27(3)4)49(81)63-36(23-39(72)73)45(77)59-33(12-7-9-19-54)44(76)65-38(25-69)48(80)61-34(51(83)84)13-10-20-58-52(56)57/h14-17,26-28,31-38,40-41,68-71H,6-13,18-25,53-55H2,1-5H3,(H,59,77)(H,60,79)(H,61,80)(H,62,75)(H,63,81)(H,64,74)(H,65,76)(H,66,82)(H,67,78)(H,72,73)(H,83,84)(H4,56,57,58)/t28-,31+,32+,33+,34+,35+,36+,37+,38+,40+,41+/m1/s1. The number of benzene rings is 1. The Bertz CT molecular complexity index is 2360. The monoisotopic (exact) mass is 1200 g/mol. The van der Waals surface area contributed by atoms with Crippen LogP contribution in [0.1, 0.15) is 104 Å². The fourth-order valence-electron chi connectivity index (χ4n) is 8.08. The molecule has 0 radical (unpaired) electrons. The third-order valence-corrected chi connectivity index (χ3v) is 12.7. The van der Waals surface area contributed by atoms with Gasteiger partial charge in [-0.05, 0) is 114 Å². The molecule has 1 rings (SSSR count). The number of hydrogen-bond donors (Lipinski definition) is 20. The van der Waals surface area contributed by atoms with E-state index in [1.807, 2.05) is 0 Å². The number of unbranched alkanes of at least 4 members (excludes halogenated alkanes) is 2. The maximum absolute atomic E-state index is 14.1. The average molecular weight is 1200 g/mol. The van der Waals surface area contributed by atoms with Gasteiger partial charge in [0.1, 0.15) is 60.1 Å². The number of aliphatic hydroxyl groups is 3. The molecule has 0 unspecified atom stereocenters. The van der Waals surface area contributed by atoms with Gasteiger partial charge in [0.2, 0.25) is 53.2 Å². The lowest BCUT2D eigenvalue weighted by Gasteiger charge is -2.30. The summed E-state index contributed by atoms with van der Waals surface area (Å²) in [5.74, 6) is -13.8. The van der Waals surface area contributed by atoms with E-state index in [1.54, 1.807) is 26.0 Å². The molecule has 0 bridgehead atoms. The van der Waals surface area contributed by atoms with Crippen molar-refractivity contribution in [3.63, 3.8) is 0 Å². The van der Waals surface area contributed by atoms with E-state index < -0.39 is 157 Å². The van der Waals surface area contributed by atoms with Crippen LogP contribution in [0.15, 0.2) is 29.3 Å². The molecule has 0 aliphatic carbocycles. The summed E-state index contributed by atoms with van der Waals surface area (Å²) in [7, 11) is 0. The van der Waals surface area contributed by atoms with Crippen LogP contribution in [0.25, 0.3) is 0 Å². The van der Waals surface area contributed by atoms with Gasteiger partial charge in [0.05, 0.1) is 31.8 Å². The molecule has 32 nitrogen and oxygen atoms in total. The van der Waals surface area contributed by atoms with E-state index in [1.165, 1.54) is 26.0 Å². The number of aliphatic carboxylic acids is 2. The molecular formula is C52H89N15O17. The van der Waals surface area contributed by atoms with E-state index in [0.717, 1.165) is 6.92 Å². The highest BCUT2D eigenvalue weighted by Gasteiger charge is 2.38. The molecule has 9 amide bonds. The molecule has 0 saturated carbocycles. The van der Waals surface area contributed by atoms with Crippen LogP contribution < -0.4 is 76.5 Å². The summed E-state index contributed by atoms with van der Waals surface area (Å²) < 4.78 is 0. The van der Waals surface area contributed by atoms with Gasteiger partial charge in [-0.3, -0.25) is 52.9 Å². The van der Waals surface area contributed by atoms with Crippen molar-refractivity contribution in [2.24, 2.45) is 45.5 Å². The third kappa shape index (κ3) is 28.0. The minimum atomic E-state index is -1.93. The van der Waals surface area contributed by atoms with Crippen LogP contribution in [-0.2, 0) is 59.2 Å². The summed E-state index contributed by atoms with van der Waals surface area (Å²) in [6, 6.07) is -9.83. The number of aromatic hydroxyl groups is 1. The number of carboxylic acids is 2. The Labute approximate surface area is 486 Å². The summed E-state index contributed by atoms with van der Waals surface area (Å²) in [5.41, 5.74) is 28.5. The number of phenolic OH excluding ortho intramolecular Hbond substituents is 1. The first-order valence-electron chi connectivity index (χ1n) is 27.6. The number of aliphatic hydroxyl groups excluding tert-OH is 3. The van der Waals surface area contributed by atoms with Gasteiger partial charge in [-0.25, -0.2) is 4.79 Å². The van der Waals surface area contributed by atoms with E-state index in [4.69, 9.17) is 28.7 Å². The van der Waals surface area contributed by atoms with Gasteiger partial charge >= 0.3 is 11.9 Å². The predicted octanol–water partition coefficient (Wildman–Crippen LogP) is -6.44. The van der Waals surface area contributed by atoms with Gasteiger partial charge < -0.3 is 107 Å². The van der Waals surface area contributed by atoms with Crippen molar-refractivity contribution in [2.45, 2.75) is 172 Å². The van der Waals surface area contributed by atoms with Crippen molar-refractivity contribution in [1.29, 1.82) is 0 Å². The zero-order valence-electron chi connectivity index (χ0n) is 48.1. The first kappa shape index (κ1) is 74.2. The van der Waals surface area contributed by atoms with Gasteiger partial charge in [0.15, 0.2) is 5.96 Å². The Morgan fingerprint density at radius 3 is 1.36 bits per heavy atom. The molecule has 0 spiro atoms. The number of amides is 9. The number of carboxylic acid groups (broad SMARTS) is 2. The van der Waals surface area contributed by atoms with Gasteiger partial charge in [-0.1, -0.05) is 39.8 Å². The molecule has 0 aliphatic rings. The van der Waals surface area contributed by atoms with Crippen LogP contribution in [-0.4, -0.2) is 201 Å². The normalized spacial score (nSPS) is 15.1. The first-order chi connectivity index (χ1) is 39.5. The van der Waals surface area contributed by atoms with Crippen LogP contribution in [0.5, 0.6) is 5.75 Å². The van der Waals surface area contributed by atoms with E-state index in [0.29, 0.717) is 24.8 Å². The number of nitrogens with one attached hydrogen (secondary N) is 9. The third-order valence-electron chi connectivity index (χ3n) is 12.7. The molecule has 474 valence electrons. The molecule has 11 atom stereocenters. The lowest BCUT2D eigenvalue weighted by Crippen LogP contribution is -2.63. The summed E-state index contributed by atoms with van der Waals surface area (Å²) in [4.78, 5) is 151. The summed E-state index contributed by atoms with van der Waals surface area (Å²) in [5, 5.41) is 81.3. The van der Waals surface area contributed by atoms with Gasteiger partial charge in [-0.2, -0.15) is 0 Å². The minimum Gasteiger partial charge on any atom is -0.508 e. The Morgan fingerprint density at radius 1 is 0.512 bits per heavy atom. The Balaban J connectivity index is 3.35. The van der Waals surface area contributed by atoms with Crippen LogP contribution in [0, 0.1) is 11.8 Å². The number of carbonyl (C=O) groups is 11. The maximum Gasteiger partial charge on any atom is 0.326 e. The van der Waals surface area contributed by atoms with Crippen molar-refractivity contribution in [3.8, 4) is 5.75 Å². The fourth-order valence-corrected chi connectivity index (χ4v) is 8.08. The molecule has 0 fully saturated rings. The zero-order chi connectivity index (χ0) is 63.8. The van der Waals surface area contributed by atoms with Crippen molar-refractivity contribution in [2.75, 3.05) is 32.8 Å². The molecule has 25 N–H and O–H groups in total. The number of hydrogen-bond acceptors (Lipinski definition) is 19. The smallest absolute Gasteiger partial charge is 0.326 e. The molecule has 1 aromatic rings. The van der Waals surface area contributed by atoms with Crippen molar-refractivity contribution in [3.05, 3.63) is 29.8 Å². The van der Waals surface area contributed by atoms with Crippen LogP contribution in [0.2, 0.25) is 0 Å². The number of phenols is 1. The SMILES string of the molecule is CC(C)C[C@H](NC(=O)[C@H](CCCCN)NC(=O)[C@H](CO)NC(=O)[C@@H](N)Cc1ccc(O)cc1)C(=O)N[C@H](C(=O)N[C@H](C(=O)N[C@@H](CC(=O)O)C(=O)N[C@@H](CCCCN)C(=O)N[C@@H](CO)C(=O)N[C@@H](CCCN=C(N)N)C(=O)O)C(C)C)[C@@H](C)O. The van der Waals surface area contributed by atoms with Crippen molar-refractivity contribution in [1.82, 2.24) is 47.9 Å². The van der Waals surface area contributed by atoms with Gasteiger partial charge in [0, 0.05) is 6.54 Å². The molecule has 0 aromatic heterocycles. The van der Waals surface area contributed by atoms with Crippen LogP contribution in [0.3, 0.4) is 0 Å². The van der Waals surface area contributed by atoms with E-state index in [-0.39, 0.29) is 82.2 Å². The Kier molecular flexibility index (Phi) is 34.4. The van der Waals surface area contributed by atoms with Gasteiger partial charge in [-0.15, -0.1) is 0 Å².